The van der Waals surface area contributed by atoms with Crippen LogP contribution in [0.4, 0.5) is 17.1 Å². The fraction of sp³-hybridized carbons (Fsp3) is 0.233. The molecule has 1 atom stereocenters. The lowest BCUT2D eigenvalue weighted by molar-refractivity contribution is -0.434. The molecule has 0 bridgehead atoms. The SMILES string of the molecule is O=S(=O)(O)OCC1(COS(=O)(=O)O)N=c2cc/c(=C3\C(O)=C(c4ccc5c6c(cccc46)NC(COSOOO)(COSOOO)N5)C3O)c3cccc(c23)N1. The minimum absolute atomic E-state index is 0.156. The number of benzene rings is 4. The zero-order valence-corrected chi connectivity index (χ0v) is 31.1. The molecule has 4 aromatic rings. The van der Waals surface area contributed by atoms with Gasteiger partial charge in [0.2, 0.25) is 0 Å². The van der Waals surface area contributed by atoms with Crippen molar-refractivity contribution in [1.29, 1.82) is 0 Å². The van der Waals surface area contributed by atoms with Gasteiger partial charge in [-0.05, 0) is 45.8 Å². The molecule has 7 rings (SSSR count). The Labute approximate surface area is 323 Å². The third-order valence-electron chi connectivity index (χ3n) is 8.86. The first-order chi connectivity index (χ1) is 26.7. The molecule has 9 N–H and O–H groups in total. The molecule has 0 fully saturated rings. The summed E-state index contributed by atoms with van der Waals surface area (Å²) < 4.78 is 92.5. The first kappa shape index (κ1) is 40.3. The van der Waals surface area contributed by atoms with Gasteiger partial charge in [-0.15, -0.1) is 8.67 Å². The van der Waals surface area contributed by atoms with Gasteiger partial charge < -0.3 is 26.2 Å². The summed E-state index contributed by atoms with van der Waals surface area (Å²) in [5.41, 5.74) is -0.743. The summed E-state index contributed by atoms with van der Waals surface area (Å²) in [7, 11) is -10.0. The highest BCUT2D eigenvalue weighted by Gasteiger charge is 2.41. The number of nitrogens with one attached hydrogen (secondary N) is 3. The summed E-state index contributed by atoms with van der Waals surface area (Å²) in [5.74, 6) is -0.198. The molecule has 4 aromatic carbocycles. The van der Waals surface area contributed by atoms with E-state index in [9.17, 15) is 36.2 Å². The Morgan fingerprint density at radius 3 is 1.84 bits per heavy atom. The predicted octanol–water partition coefficient (Wildman–Crippen LogP) is 2.40. The highest BCUT2D eigenvalue weighted by Crippen LogP contribution is 2.47. The second-order valence-corrected chi connectivity index (χ2v) is 15.5. The van der Waals surface area contributed by atoms with Crippen molar-refractivity contribution in [2.45, 2.75) is 17.4 Å². The Balaban J connectivity index is 1.28. The van der Waals surface area contributed by atoms with Crippen molar-refractivity contribution in [3.63, 3.8) is 0 Å². The van der Waals surface area contributed by atoms with Gasteiger partial charge in [0.1, 0.15) is 38.3 Å². The Hall–Kier alpha value is -3.91. The second kappa shape index (κ2) is 15.8. The molecule has 1 aliphatic carbocycles. The molecule has 300 valence electrons. The molecule has 1 unspecified atom stereocenters. The van der Waals surface area contributed by atoms with Crippen LogP contribution < -0.4 is 26.5 Å². The van der Waals surface area contributed by atoms with Crippen LogP contribution in [0.1, 0.15) is 5.56 Å². The Kier molecular flexibility index (Phi) is 11.4. The smallest absolute Gasteiger partial charge is 0.397 e. The van der Waals surface area contributed by atoms with E-state index in [0.717, 1.165) is 0 Å². The van der Waals surface area contributed by atoms with Gasteiger partial charge in [-0.2, -0.15) is 16.8 Å². The van der Waals surface area contributed by atoms with Gasteiger partial charge in [0, 0.05) is 39.0 Å². The van der Waals surface area contributed by atoms with Crippen LogP contribution >= 0.6 is 24.6 Å². The number of anilines is 3. The molecule has 0 amide bonds. The minimum Gasteiger partial charge on any atom is -0.507 e. The third kappa shape index (κ3) is 8.10. The molecule has 0 saturated heterocycles. The lowest BCUT2D eigenvalue weighted by Gasteiger charge is -2.40. The molecule has 0 spiro atoms. The van der Waals surface area contributed by atoms with E-state index < -0.39 is 51.4 Å². The third-order valence-corrected chi connectivity index (χ3v) is 10.4. The number of hydrogen-bond acceptors (Lipinski definition) is 22. The average molecular weight is 861 g/mol. The van der Waals surface area contributed by atoms with Crippen molar-refractivity contribution in [3.8, 4) is 0 Å². The van der Waals surface area contributed by atoms with Gasteiger partial charge in [-0.3, -0.25) is 22.5 Å². The fourth-order valence-corrected chi connectivity index (χ4v) is 8.08. The molecule has 0 radical (unpaired) electrons. The number of rotatable bonds is 17. The lowest BCUT2D eigenvalue weighted by atomic mass is 9.78. The zero-order chi connectivity index (χ0) is 39.9. The summed E-state index contributed by atoms with van der Waals surface area (Å²) in [5, 5.41) is 59.7. The van der Waals surface area contributed by atoms with Crippen molar-refractivity contribution >= 4 is 95.2 Å². The molecule has 2 heterocycles. The van der Waals surface area contributed by atoms with E-state index in [4.69, 9.17) is 18.9 Å². The first-order valence-corrected chi connectivity index (χ1v) is 19.7. The molecule has 0 saturated carbocycles. The van der Waals surface area contributed by atoms with E-state index in [1.165, 1.54) is 6.07 Å². The maximum atomic E-state index is 11.7. The van der Waals surface area contributed by atoms with Crippen molar-refractivity contribution in [3.05, 3.63) is 82.6 Å². The highest BCUT2D eigenvalue weighted by atomic mass is 32.3. The zero-order valence-electron chi connectivity index (χ0n) is 27.8. The van der Waals surface area contributed by atoms with Crippen LogP contribution in [0.5, 0.6) is 0 Å². The normalized spacial score (nSPS) is 19.2. The Morgan fingerprint density at radius 1 is 0.696 bits per heavy atom. The van der Waals surface area contributed by atoms with Crippen LogP contribution in [0.2, 0.25) is 0 Å². The topological polar surface area (TPSA) is 312 Å². The van der Waals surface area contributed by atoms with E-state index >= 15 is 0 Å². The fourth-order valence-electron chi connectivity index (χ4n) is 6.77. The monoisotopic (exact) mass is 860 g/mol. The summed E-state index contributed by atoms with van der Waals surface area (Å²) in [6, 6.07) is 16.7. The molecule has 0 aromatic heterocycles. The summed E-state index contributed by atoms with van der Waals surface area (Å²) in [6.45, 7) is -2.19. The first-order valence-electron chi connectivity index (χ1n) is 15.6. The molecule has 2 aliphatic heterocycles. The molecular formula is C30H28N4O18S4. The number of nitrogens with zero attached hydrogens (tertiary/aromatic N) is 1. The number of aliphatic hydroxyl groups excluding tert-OH is 2. The molecule has 26 heteroatoms. The lowest BCUT2D eigenvalue weighted by Crippen LogP contribution is -2.55. The summed E-state index contributed by atoms with van der Waals surface area (Å²) in [4.78, 5) is 4.44. The van der Waals surface area contributed by atoms with E-state index in [2.05, 4.69) is 48.1 Å². The Bertz CT molecular complexity index is 2510. The summed E-state index contributed by atoms with van der Waals surface area (Å²) >= 11 is 0.681. The van der Waals surface area contributed by atoms with E-state index in [0.29, 0.717) is 74.0 Å². The molecular weight excluding hydrogens is 833 g/mol. The van der Waals surface area contributed by atoms with Gasteiger partial charge in [0.05, 0.1) is 5.36 Å². The quantitative estimate of drug-likeness (QED) is 0.0242. The van der Waals surface area contributed by atoms with Crippen LogP contribution in [-0.4, -0.2) is 90.5 Å². The standard InChI is InChI=1S/C30H28N4O18S4/c35-27-25(17-7-9-21-23-15(17)3-1-5-19(23)31-29(33-21,11-45-53-51-49-37)12-46-54-52-50-38)28(36)26(27)18-8-10-22-24-16(18)4-2-6-20(24)32-30(34-22,13-47-55(39,40)41)14-48-56(42,43)44/h1-10,27,31-33,35-38H,11-14H2,(H,39,40,41)(H,42,43,44)/b26-18+. The van der Waals surface area contributed by atoms with Crippen LogP contribution in [0, 0.1) is 0 Å². The minimum atomic E-state index is -5.01. The predicted molar refractivity (Wildman–Crippen MR) is 196 cm³/mol. The molecule has 56 heavy (non-hydrogen) atoms. The highest BCUT2D eigenvalue weighted by molar-refractivity contribution is 7.90. The van der Waals surface area contributed by atoms with Crippen molar-refractivity contribution < 1.29 is 82.1 Å². The van der Waals surface area contributed by atoms with Crippen LogP contribution in [-0.2, 0) is 56.3 Å². The van der Waals surface area contributed by atoms with Gasteiger partial charge in [-0.1, -0.05) is 46.5 Å². The Morgan fingerprint density at radius 2 is 1.27 bits per heavy atom. The van der Waals surface area contributed by atoms with E-state index in [-0.39, 0.29) is 35.5 Å². The van der Waals surface area contributed by atoms with Crippen molar-refractivity contribution in [1.82, 2.24) is 0 Å². The number of hydrogen-bond donors (Lipinski definition) is 9. The van der Waals surface area contributed by atoms with Gasteiger partial charge in [0.15, 0.2) is 36.0 Å². The maximum absolute atomic E-state index is 11.7. The molecule has 22 nitrogen and oxygen atoms in total. The van der Waals surface area contributed by atoms with Crippen molar-refractivity contribution in [2.24, 2.45) is 4.99 Å². The van der Waals surface area contributed by atoms with Crippen LogP contribution in [0.25, 0.3) is 32.7 Å². The number of aliphatic hydroxyl groups is 2. The van der Waals surface area contributed by atoms with Crippen molar-refractivity contribution in [2.75, 3.05) is 42.4 Å². The van der Waals surface area contributed by atoms with E-state index in [1.54, 1.807) is 54.6 Å². The van der Waals surface area contributed by atoms with Gasteiger partial charge in [-0.25, -0.2) is 18.9 Å². The largest absolute Gasteiger partial charge is 0.507 e. The second-order valence-electron chi connectivity index (χ2n) is 12.3. The average Bonchev–Trinajstić information content (AvgIpc) is 3.15. The van der Waals surface area contributed by atoms with Gasteiger partial charge in [0.25, 0.3) is 0 Å². The maximum Gasteiger partial charge on any atom is 0.397 e. The van der Waals surface area contributed by atoms with Crippen LogP contribution in [0.3, 0.4) is 0 Å². The van der Waals surface area contributed by atoms with Gasteiger partial charge >= 0.3 is 20.8 Å². The summed E-state index contributed by atoms with van der Waals surface area (Å²) in [6.07, 6.45) is -1.29. The van der Waals surface area contributed by atoms with Crippen LogP contribution in [0.15, 0.2) is 71.4 Å². The van der Waals surface area contributed by atoms with E-state index in [1.807, 2.05) is 0 Å². The molecule has 3 aliphatic rings.